The molecule has 2 aliphatic rings. The lowest BCUT2D eigenvalue weighted by Gasteiger charge is -2.43. The maximum atomic E-state index is 14.4. The summed E-state index contributed by atoms with van der Waals surface area (Å²) >= 11 is 0. The van der Waals surface area contributed by atoms with E-state index in [1.54, 1.807) is 18.5 Å². The first-order valence-corrected chi connectivity index (χ1v) is 13.2. The summed E-state index contributed by atoms with van der Waals surface area (Å²) in [5.74, 6) is -1.21. The Morgan fingerprint density at radius 3 is 2.80 bits per heavy atom. The number of amides is 1. The number of morpholine rings is 1. The average molecular weight is 546 g/mol. The molecule has 2 fully saturated rings. The summed E-state index contributed by atoms with van der Waals surface area (Å²) < 4.78 is 39.8. The van der Waals surface area contributed by atoms with E-state index < -0.39 is 11.6 Å². The lowest BCUT2D eigenvalue weighted by molar-refractivity contribution is -0.119. The maximum Gasteiger partial charge on any atom is 0.251 e. The fourth-order valence-corrected chi connectivity index (χ4v) is 5.62. The number of aromatic nitrogens is 2. The van der Waals surface area contributed by atoms with Crippen molar-refractivity contribution in [3.63, 3.8) is 0 Å². The smallest absolute Gasteiger partial charge is 0.251 e. The zero-order valence-electron chi connectivity index (χ0n) is 22.0. The van der Waals surface area contributed by atoms with Gasteiger partial charge in [0.25, 0.3) is 5.91 Å². The highest BCUT2D eigenvalue weighted by atomic mass is 19.1. The highest BCUT2D eigenvalue weighted by Crippen LogP contribution is 2.40. The van der Waals surface area contributed by atoms with E-state index in [9.17, 15) is 13.6 Å². The molecule has 0 bridgehead atoms. The van der Waals surface area contributed by atoms with Gasteiger partial charge in [-0.3, -0.25) is 9.78 Å². The van der Waals surface area contributed by atoms with Crippen LogP contribution in [0.1, 0.15) is 6.42 Å². The first kappa shape index (κ1) is 26.2. The minimum absolute atomic E-state index is 0.00748. The van der Waals surface area contributed by atoms with Gasteiger partial charge < -0.3 is 25.0 Å². The van der Waals surface area contributed by atoms with E-state index in [2.05, 4.69) is 25.5 Å². The second-order valence-corrected chi connectivity index (χ2v) is 10.00. The number of carbonyl (C=O) groups excluding carboxylic acids is 1. The van der Waals surface area contributed by atoms with Crippen LogP contribution in [0.5, 0.6) is 0 Å². The van der Waals surface area contributed by atoms with Gasteiger partial charge in [-0.2, -0.15) is 0 Å². The third-order valence-electron chi connectivity index (χ3n) is 7.38. The molecule has 1 unspecified atom stereocenters. The Bertz CT molecular complexity index is 1550. The average Bonchev–Trinajstić information content (AvgIpc) is 2.96. The van der Waals surface area contributed by atoms with Gasteiger partial charge in [-0.05, 0) is 53.9 Å². The molecular formula is C30H29F2N5O3. The molecule has 2 atom stereocenters. The molecule has 4 aromatic rings. The number of rotatable bonds is 6. The van der Waals surface area contributed by atoms with E-state index in [-0.39, 0.29) is 24.7 Å². The maximum absolute atomic E-state index is 14.4. The lowest BCUT2D eigenvalue weighted by Crippen LogP contribution is -2.57. The summed E-state index contributed by atoms with van der Waals surface area (Å²) in [6.45, 7) is 2.72. The molecule has 2 aliphatic heterocycles. The number of halogens is 2. The van der Waals surface area contributed by atoms with Crippen molar-refractivity contribution in [3.8, 4) is 22.3 Å². The third-order valence-corrected chi connectivity index (χ3v) is 7.38. The van der Waals surface area contributed by atoms with E-state index in [0.717, 1.165) is 53.3 Å². The number of anilines is 2. The Kier molecular flexibility index (Phi) is 7.38. The Balaban J connectivity index is 1.50. The van der Waals surface area contributed by atoms with Gasteiger partial charge in [0, 0.05) is 67.8 Å². The van der Waals surface area contributed by atoms with Crippen molar-refractivity contribution >= 4 is 28.3 Å². The second kappa shape index (κ2) is 11.2. The predicted octanol–water partition coefficient (Wildman–Crippen LogP) is 4.39. The number of hydrogen-bond acceptors (Lipinski definition) is 7. The molecule has 0 spiro atoms. The van der Waals surface area contributed by atoms with Crippen LogP contribution in [0.15, 0.2) is 60.9 Å². The molecule has 2 saturated heterocycles. The number of fused-ring (bicyclic) bond motifs is 2. The molecule has 8 nitrogen and oxygen atoms in total. The zero-order valence-corrected chi connectivity index (χ0v) is 22.0. The van der Waals surface area contributed by atoms with Crippen LogP contribution in [-0.2, 0) is 14.3 Å². The van der Waals surface area contributed by atoms with Crippen molar-refractivity contribution in [1.29, 1.82) is 0 Å². The van der Waals surface area contributed by atoms with Crippen LogP contribution in [0.25, 0.3) is 33.2 Å². The number of nitrogens with one attached hydrogen (secondary N) is 2. The first-order valence-electron chi connectivity index (χ1n) is 13.2. The zero-order chi connectivity index (χ0) is 27.6. The van der Waals surface area contributed by atoms with Crippen LogP contribution in [0.2, 0.25) is 0 Å². The number of piperidine rings is 1. The molecule has 206 valence electrons. The molecule has 6 rings (SSSR count). The number of methoxy groups -OCH3 is 1. The van der Waals surface area contributed by atoms with Gasteiger partial charge in [-0.1, -0.05) is 6.07 Å². The van der Waals surface area contributed by atoms with Gasteiger partial charge in [0.1, 0.15) is 24.1 Å². The monoisotopic (exact) mass is 545 g/mol. The van der Waals surface area contributed by atoms with Crippen LogP contribution in [0, 0.1) is 11.6 Å². The summed E-state index contributed by atoms with van der Waals surface area (Å²) in [4.78, 5) is 23.5. The van der Waals surface area contributed by atoms with Crippen molar-refractivity contribution in [2.45, 2.75) is 18.6 Å². The Labute approximate surface area is 230 Å². The minimum Gasteiger partial charge on any atom is -0.375 e. The molecule has 1 amide bonds. The van der Waals surface area contributed by atoms with Crippen LogP contribution in [-0.4, -0.2) is 68.0 Å². The SMILES string of the molecule is COCC(=O)Nc1ncccc1-c1ccc2ncc(-c3cc(F)cc(F)c3)c(N3CCC4NCCO[C@@H]4C3)c2c1. The van der Waals surface area contributed by atoms with E-state index in [4.69, 9.17) is 9.47 Å². The number of pyridine rings is 2. The van der Waals surface area contributed by atoms with Gasteiger partial charge in [-0.15, -0.1) is 0 Å². The summed E-state index contributed by atoms with van der Waals surface area (Å²) in [7, 11) is 1.45. The van der Waals surface area contributed by atoms with E-state index in [1.807, 2.05) is 24.3 Å². The van der Waals surface area contributed by atoms with Gasteiger partial charge in [0.2, 0.25) is 0 Å². The fraction of sp³-hybridized carbons (Fsp3) is 0.300. The van der Waals surface area contributed by atoms with Crippen LogP contribution >= 0.6 is 0 Å². The van der Waals surface area contributed by atoms with Crippen molar-refractivity contribution in [2.75, 3.05) is 50.2 Å². The molecular weight excluding hydrogens is 516 g/mol. The van der Waals surface area contributed by atoms with Gasteiger partial charge in [0.15, 0.2) is 0 Å². The van der Waals surface area contributed by atoms with E-state index in [0.29, 0.717) is 30.1 Å². The van der Waals surface area contributed by atoms with Crippen molar-refractivity contribution in [2.24, 2.45) is 0 Å². The fourth-order valence-electron chi connectivity index (χ4n) is 5.62. The topological polar surface area (TPSA) is 88.6 Å². The molecule has 2 aromatic heterocycles. The minimum atomic E-state index is -0.653. The van der Waals surface area contributed by atoms with Crippen molar-refractivity contribution in [1.82, 2.24) is 15.3 Å². The Morgan fingerprint density at radius 1 is 1.12 bits per heavy atom. The predicted molar refractivity (Wildman–Crippen MR) is 149 cm³/mol. The molecule has 2 N–H and O–H groups in total. The number of carbonyl (C=O) groups is 1. The summed E-state index contributed by atoms with van der Waals surface area (Å²) in [5, 5.41) is 7.17. The summed E-state index contributed by atoms with van der Waals surface area (Å²) in [6.07, 6.45) is 4.15. The largest absolute Gasteiger partial charge is 0.375 e. The van der Waals surface area contributed by atoms with Gasteiger partial charge >= 0.3 is 0 Å². The number of hydrogen-bond donors (Lipinski definition) is 2. The molecule has 0 saturated carbocycles. The first-order chi connectivity index (χ1) is 19.5. The van der Waals surface area contributed by atoms with Gasteiger partial charge in [-0.25, -0.2) is 13.8 Å². The van der Waals surface area contributed by atoms with Crippen LogP contribution in [0.4, 0.5) is 20.3 Å². The van der Waals surface area contributed by atoms with Crippen molar-refractivity contribution in [3.05, 3.63) is 72.6 Å². The Morgan fingerprint density at radius 2 is 1.98 bits per heavy atom. The highest BCUT2D eigenvalue weighted by Gasteiger charge is 2.33. The van der Waals surface area contributed by atoms with Crippen LogP contribution < -0.4 is 15.5 Å². The molecule has 10 heteroatoms. The molecule has 40 heavy (non-hydrogen) atoms. The summed E-state index contributed by atoms with van der Waals surface area (Å²) in [5.41, 5.74) is 4.14. The Hall–Kier alpha value is -3.99. The number of ether oxygens (including phenoxy) is 2. The van der Waals surface area contributed by atoms with E-state index in [1.165, 1.54) is 19.2 Å². The van der Waals surface area contributed by atoms with E-state index >= 15 is 0 Å². The molecule has 4 heterocycles. The lowest BCUT2D eigenvalue weighted by atomic mass is 9.94. The highest BCUT2D eigenvalue weighted by molar-refractivity contribution is 6.03. The van der Waals surface area contributed by atoms with Crippen molar-refractivity contribution < 1.29 is 23.0 Å². The van der Waals surface area contributed by atoms with Crippen LogP contribution in [0.3, 0.4) is 0 Å². The summed E-state index contributed by atoms with van der Waals surface area (Å²) in [6, 6.07) is 13.3. The molecule has 0 radical (unpaired) electrons. The second-order valence-electron chi connectivity index (χ2n) is 10.00. The standard InChI is InChI=1S/C30H29F2N5O3/c1-39-17-28(38)36-30-22(3-2-7-34-30)18-4-5-25-23(13-18)29(37-9-6-26-27(16-37)40-10-8-33-26)24(15-35-25)19-11-20(31)14-21(32)12-19/h2-5,7,11-15,26-27,33H,6,8-10,16-17H2,1H3,(H,34,36,38)/t26?,27-/m1/s1. The third kappa shape index (κ3) is 5.25. The molecule has 0 aliphatic carbocycles. The number of benzene rings is 2. The quantitative estimate of drug-likeness (QED) is 0.372. The number of nitrogens with zero attached hydrogens (tertiary/aromatic N) is 3. The normalized spacial score (nSPS) is 18.9. The van der Waals surface area contributed by atoms with Gasteiger partial charge in [0.05, 0.1) is 23.9 Å². The molecule has 2 aromatic carbocycles.